The summed E-state index contributed by atoms with van der Waals surface area (Å²) < 4.78 is 0. The SMILES string of the molecule is CCN(CC(=O)O)C(=O)N1CCSC(C)C1C. The summed E-state index contributed by atoms with van der Waals surface area (Å²) in [6.45, 7) is 6.82. The normalized spacial score (nSPS) is 24.5. The van der Waals surface area contributed by atoms with Gasteiger partial charge < -0.3 is 14.9 Å². The minimum atomic E-state index is -0.965. The van der Waals surface area contributed by atoms with Gasteiger partial charge in [0.25, 0.3) is 0 Å². The molecule has 0 aliphatic carbocycles. The Hall–Kier alpha value is -0.910. The summed E-state index contributed by atoms with van der Waals surface area (Å²) in [6.07, 6.45) is 0. The van der Waals surface area contributed by atoms with Gasteiger partial charge >= 0.3 is 12.0 Å². The zero-order chi connectivity index (χ0) is 13.0. The van der Waals surface area contributed by atoms with Crippen molar-refractivity contribution in [2.45, 2.75) is 32.1 Å². The smallest absolute Gasteiger partial charge is 0.323 e. The number of aliphatic carboxylic acids is 1. The Morgan fingerprint density at radius 1 is 1.47 bits per heavy atom. The maximum atomic E-state index is 12.2. The fourth-order valence-corrected chi connectivity index (χ4v) is 2.96. The Morgan fingerprint density at radius 3 is 2.65 bits per heavy atom. The molecule has 1 rings (SSSR count). The first kappa shape index (κ1) is 14.2. The highest BCUT2D eigenvalue weighted by atomic mass is 32.2. The first-order valence-corrected chi connectivity index (χ1v) is 6.91. The average molecular weight is 260 g/mol. The first-order chi connectivity index (χ1) is 7.97. The van der Waals surface area contributed by atoms with Gasteiger partial charge in [-0.2, -0.15) is 11.8 Å². The minimum Gasteiger partial charge on any atom is -0.480 e. The van der Waals surface area contributed by atoms with E-state index in [0.717, 1.165) is 5.75 Å². The van der Waals surface area contributed by atoms with E-state index in [1.807, 2.05) is 18.7 Å². The average Bonchev–Trinajstić information content (AvgIpc) is 2.28. The van der Waals surface area contributed by atoms with Crippen LogP contribution >= 0.6 is 11.8 Å². The van der Waals surface area contributed by atoms with Gasteiger partial charge in [0.05, 0.1) is 0 Å². The van der Waals surface area contributed by atoms with Crippen LogP contribution in [0.3, 0.4) is 0 Å². The van der Waals surface area contributed by atoms with Crippen molar-refractivity contribution in [3.8, 4) is 0 Å². The molecule has 2 unspecified atom stereocenters. The molecule has 1 aliphatic heterocycles. The first-order valence-electron chi connectivity index (χ1n) is 5.86. The van der Waals surface area contributed by atoms with Crippen molar-refractivity contribution >= 4 is 23.8 Å². The second-order valence-electron chi connectivity index (χ2n) is 4.20. The number of carboxylic acid groups (broad SMARTS) is 1. The second-order valence-corrected chi connectivity index (χ2v) is 5.69. The molecule has 1 fully saturated rings. The summed E-state index contributed by atoms with van der Waals surface area (Å²) in [7, 11) is 0. The molecule has 17 heavy (non-hydrogen) atoms. The molecule has 5 nitrogen and oxygen atoms in total. The van der Waals surface area contributed by atoms with Crippen molar-refractivity contribution in [1.82, 2.24) is 9.80 Å². The van der Waals surface area contributed by atoms with E-state index in [2.05, 4.69) is 6.92 Å². The number of rotatable bonds is 3. The third-order valence-corrected chi connectivity index (χ3v) is 4.45. The maximum absolute atomic E-state index is 12.2. The molecule has 1 N–H and O–H groups in total. The molecular weight excluding hydrogens is 240 g/mol. The summed E-state index contributed by atoms with van der Waals surface area (Å²) in [5.74, 6) is -0.0470. The van der Waals surface area contributed by atoms with Crippen molar-refractivity contribution in [2.75, 3.05) is 25.4 Å². The molecule has 0 bridgehead atoms. The molecule has 2 amide bonds. The Morgan fingerprint density at radius 2 is 2.12 bits per heavy atom. The van der Waals surface area contributed by atoms with Crippen LogP contribution in [0.15, 0.2) is 0 Å². The third-order valence-electron chi connectivity index (χ3n) is 3.11. The number of thioether (sulfide) groups is 1. The highest BCUT2D eigenvalue weighted by Crippen LogP contribution is 2.24. The fourth-order valence-electron chi connectivity index (χ4n) is 1.86. The summed E-state index contributed by atoms with van der Waals surface area (Å²) in [4.78, 5) is 26.0. The maximum Gasteiger partial charge on any atom is 0.323 e. The summed E-state index contributed by atoms with van der Waals surface area (Å²) >= 11 is 1.85. The van der Waals surface area contributed by atoms with Crippen LogP contribution in [-0.4, -0.2) is 63.6 Å². The lowest BCUT2D eigenvalue weighted by Crippen LogP contribution is -2.54. The summed E-state index contributed by atoms with van der Waals surface area (Å²) in [6, 6.07) is -0.00125. The molecule has 0 radical (unpaired) electrons. The number of hydrogen-bond acceptors (Lipinski definition) is 3. The van der Waals surface area contributed by atoms with Gasteiger partial charge in [-0.3, -0.25) is 4.79 Å². The molecule has 1 aliphatic rings. The molecule has 6 heteroatoms. The van der Waals surface area contributed by atoms with Gasteiger partial charge in [0, 0.05) is 30.1 Å². The van der Waals surface area contributed by atoms with E-state index in [1.54, 1.807) is 11.8 Å². The van der Waals surface area contributed by atoms with Crippen LogP contribution in [0.25, 0.3) is 0 Å². The van der Waals surface area contributed by atoms with Gasteiger partial charge in [0.15, 0.2) is 0 Å². The molecule has 0 spiro atoms. The molecule has 0 aromatic carbocycles. The number of carboxylic acids is 1. The van der Waals surface area contributed by atoms with Crippen molar-refractivity contribution < 1.29 is 14.7 Å². The predicted octanol–water partition coefficient (Wildman–Crippen LogP) is 1.34. The van der Waals surface area contributed by atoms with E-state index in [4.69, 9.17) is 5.11 Å². The molecule has 2 atom stereocenters. The Labute approximate surface area is 106 Å². The summed E-state index contributed by atoms with van der Waals surface area (Å²) in [5, 5.41) is 9.16. The van der Waals surface area contributed by atoms with Gasteiger partial charge in [-0.1, -0.05) is 6.92 Å². The van der Waals surface area contributed by atoms with E-state index in [1.165, 1.54) is 4.90 Å². The molecule has 0 aromatic rings. The van der Waals surface area contributed by atoms with Gasteiger partial charge in [-0.25, -0.2) is 4.79 Å². The number of nitrogens with zero attached hydrogens (tertiary/aromatic N) is 2. The monoisotopic (exact) mass is 260 g/mol. The largest absolute Gasteiger partial charge is 0.480 e. The van der Waals surface area contributed by atoms with E-state index < -0.39 is 5.97 Å². The number of urea groups is 1. The number of likely N-dealkylation sites (N-methyl/N-ethyl adjacent to an activating group) is 1. The van der Waals surface area contributed by atoms with Crippen LogP contribution in [0.4, 0.5) is 4.79 Å². The highest BCUT2D eigenvalue weighted by molar-refractivity contribution is 8.00. The van der Waals surface area contributed by atoms with Gasteiger partial charge in [-0.15, -0.1) is 0 Å². The van der Waals surface area contributed by atoms with Crippen LogP contribution in [0, 0.1) is 0 Å². The Bertz CT molecular complexity index is 298. The number of carbonyl (C=O) groups is 2. The molecule has 1 heterocycles. The van der Waals surface area contributed by atoms with Gasteiger partial charge in [0.2, 0.25) is 0 Å². The lowest BCUT2D eigenvalue weighted by Gasteiger charge is -2.39. The second kappa shape index (κ2) is 6.14. The molecule has 98 valence electrons. The molecular formula is C11H20N2O3S. The number of hydrogen-bond donors (Lipinski definition) is 1. The standard InChI is InChI=1S/C11H20N2O3S/c1-4-12(7-10(14)15)11(16)13-5-6-17-9(3)8(13)2/h8-9H,4-7H2,1-3H3,(H,14,15). The highest BCUT2D eigenvalue weighted by Gasteiger charge is 2.31. The van der Waals surface area contributed by atoms with Crippen LogP contribution in [0.1, 0.15) is 20.8 Å². The Kier molecular flexibility index (Phi) is 5.11. The minimum absolute atomic E-state index is 0.157. The third kappa shape index (κ3) is 3.52. The van der Waals surface area contributed by atoms with Crippen molar-refractivity contribution in [3.63, 3.8) is 0 Å². The zero-order valence-electron chi connectivity index (χ0n) is 10.5. The van der Waals surface area contributed by atoms with Crippen LogP contribution < -0.4 is 0 Å². The molecule has 1 saturated heterocycles. The van der Waals surface area contributed by atoms with Crippen molar-refractivity contribution in [2.24, 2.45) is 0 Å². The van der Waals surface area contributed by atoms with E-state index in [0.29, 0.717) is 18.3 Å². The van der Waals surface area contributed by atoms with Gasteiger partial charge in [0.1, 0.15) is 6.54 Å². The van der Waals surface area contributed by atoms with Crippen molar-refractivity contribution in [1.29, 1.82) is 0 Å². The number of amides is 2. The van der Waals surface area contributed by atoms with Gasteiger partial charge in [-0.05, 0) is 13.8 Å². The lowest BCUT2D eigenvalue weighted by atomic mass is 10.2. The zero-order valence-corrected chi connectivity index (χ0v) is 11.4. The van der Waals surface area contributed by atoms with Crippen LogP contribution in [-0.2, 0) is 4.79 Å². The Balaban J connectivity index is 2.69. The molecule has 0 aromatic heterocycles. The topological polar surface area (TPSA) is 60.9 Å². The van der Waals surface area contributed by atoms with E-state index >= 15 is 0 Å². The van der Waals surface area contributed by atoms with Crippen molar-refractivity contribution in [3.05, 3.63) is 0 Å². The van der Waals surface area contributed by atoms with E-state index in [9.17, 15) is 9.59 Å². The number of carbonyl (C=O) groups excluding carboxylic acids is 1. The molecule has 0 saturated carbocycles. The van der Waals surface area contributed by atoms with Crippen LogP contribution in [0.5, 0.6) is 0 Å². The van der Waals surface area contributed by atoms with E-state index in [-0.39, 0.29) is 18.6 Å². The fraction of sp³-hybridized carbons (Fsp3) is 0.818. The summed E-state index contributed by atoms with van der Waals surface area (Å²) in [5.41, 5.74) is 0. The quantitative estimate of drug-likeness (QED) is 0.832. The predicted molar refractivity (Wildman–Crippen MR) is 68.4 cm³/mol. The lowest BCUT2D eigenvalue weighted by molar-refractivity contribution is -0.137. The van der Waals surface area contributed by atoms with Crippen LogP contribution in [0.2, 0.25) is 0 Å².